The fourth-order valence-corrected chi connectivity index (χ4v) is 1.70. The van der Waals surface area contributed by atoms with E-state index in [1.54, 1.807) is 18.3 Å². The van der Waals surface area contributed by atoms with Crippen molar-refractivity contribution in [2.24, 2.45) is 0 Å². The molecule has 1 heterocycles. The Bertz CT molecular complexity index is 562. The highest BCUT2D eigenvalue weighted by Crippen LogP contribution is 2.26. The SMILES string of the molecule is CCCNc1nncc(Nc2ccc(Cl)c(Cl)c2)n1. The fourth-order valence-electron chi connectivity index (χ4n) is 1.40. The van der Waals surface area contributed by atoms with Gasteiger partial charge in [0.05, 0.1) is 16.2 Å². The van der Waals surface area contributed by atoms with E-state index < -0.39 is 0 Å². The van der Waals surface area contributed by atoms with Gasteiger partial charge in [0.15, 0.2) is 5.82 Å². The summed E-state index contributed by atoms with van der Waals surface area (Å²) >= 11 is 11.8. The van der Waals surface area contributed by atoms with Crippen LogP contribution >= 0.6 is 23.2 Å². The van der Waals surface area contributed by atoms with E-state index in [-0.39, 0.29) is 0 Å². The molecule has 19 heavy (non-hydrogen) atoms. The number of nitrogens with zero attached hydrogens (tertiary/aromatic N) is 3. The molecule has 1 aromatic carbocycles. The highest BCUT2D eigenvalue weighted by Gasteiger charge is 2.03. The average molecular weight is 298 g/mol. The summed E-state index contributed by atoms with van der Waals surface area (Å²) < 4.78 is 0. The smallest absolute Gasteiger partial charge is 0.244 e. The Morgan fingerprint density at radius 2 is 2.05 bits per heavy atom. The molecule has 7 heteroatoms. The van der Waals surface area contributed by atoms with Gasteiger partial charge in [-0.25, -0.2) is 0 Å². The molecule has 0 bridgehead atoms. The molecular formula is C12H13Cl2N5. The van der Waals surface area contributed by atoms with Crippen LogP contribution in [0.25, 0.3) is 0 Å². The van der Waals surface area contributed by atoms with Gasteiger partial charge in [0, 0.05) is 12.2 Å². The van der Waals surface area contributed by atoms with Crippen molar-refractivity contribution in [2.75, 3.05) is 17.2 Å². The largest absolute Gasteiger partial charge is 0.353 e. The number of anilines is 3. The molecule has 1 aromatic heterocycles. The molecule has 0 amide bonds. The Kier molecular flexibility index (Phi) is 4.76. The van der Waals surface area contributed by atoms with Crippen molar-refractivity contribution in [3.8, 4) is 0 Å². The predicted molar refractivity (Wildman–Crippen MR) is 78.4 cm³/mol. The highest BCUT2D eigenvalue weighted by molar-refractivity contribution is 6.42. The maximum absolute atomic E-state index is 5.95. The molecule has 0 atom stereocenters. The number of hydrogen-bond donors (Lipinski definition) is 2. The first-order chi connectivity index (χ1) is 9.19. The van der Waals surface area contributed by atoms with E-state index in [2.05, 4.69) is 32.7 Å². The van der Waals surface area contributed by atoms with Crippen molar-refractivity contribution in [3.05, 3.63) is 34.4 Å². The highest BCUT2D eigenvalue weighted by atomic mass is 35.5. The number of nitrogens with one attached hydrogen (secondary N) is 2. The lowest BCUT2D eigenvalue weighted by molar-refractivity contribution is 0.913. The number of rotatable bonds is 5. The lowest BCUT2D eigenvalue weighted by Crippen LogP contribution is -2.06. The molecule has 0 aliphatic carbocycles. The zero-order chi connectivity index (χ0) is 13.7. The Morgan fingerprint density at radius 1 is 1.21 bits per heavy atom. The second kappa shape index (κ2) is 6.54. The molecule has 0 aliphatic rings. The standard InChI is InChI=1S/C12H13Cl2N5/c1-2-5-15-12-18-11(7-16-19-12)17-8-3-4-9(13)10(14)6-8/h3-4,6-7H,2,5H2,1H3,(H2,15,17,18,19). The van der Waals surface area contributed by atoms with E-state index in [0.29, 0.717) is 21.8 Å². The van der Waals surface area contributed by atoms with Gasteiger partial charge in [-0.3, -0.25) is 0 Å². The molecule has 100 valence electrons. The Hall–Kier alpha value is -1.59. The number of halogens is 2. The van der Waals surface area contributed by atoms with Crippen molar-refractivity contribution < 1.29 is 0 Å². The van der Waals surface area contributed by atoms with Crippen molar-refractivity contribution >= 4 is 40.7 Å². The van der Waals surface area contributed by atoms with Gasteiger partial charge in [-0.1, -0.05) is 30.1 Å². The van der Waals surface area contributed by atoms with E-state index in [1.165, 1.54) is 0 Å². The number of hydrogen-bond acceptors (Lipinski definition) is 5. The van der Waals surface area contributed by atoms with Crippen LogP contribution in [0, 0.1) is 0 Å². The minimum Gasteiger partial charge on any atom is -0.353 e. The van der Waals surface area contributed by atoms with Crippen molar-refractivity contribution in [1.82, 2.24) is 15.2 Å². The summed E-state index contributed by atoms with van der Waals surface area (Å²) in [4.78, 5) is 4.29. The summed E-state index contributed by atoms with van der Waals surface area (Å²) in [7, 11) is 0. The minimum absolute atomic E-state index is 0.484. The maximum Gasteiger partial charge on any atom is 0.244 e. The summed E-state index contributed by atoms with van der Waals surface area (Å²) in [5, 5.41) is 14.9. The van der Waals surface area contributed by atoms with Gasteiger partial charge in [-0.15, -0.1) is 5.10 Å². The third-order valence-electron chi connectivity index (χ3n) is 2.28. The van der Waals surface area contributed by atoms with Crippen molar-refractivity contribution in [2.45, 2.75) is 13.3 Å². The maximum atomic E-state index is 5.95. The van der Waals surface area contributed by atoms with Gasteiger partial charge < -0.3 is 10.6 Å². The predicted octanol–water partition coefficient (Wildman–Crippen LogP) is 3.74. The molecule has 2 aromatic rings. The Labute approximate surface area is 121 Å². The Morgan fingerprint density at radius 3 is 2.79 bits per heavy atom. The van der Waals surface area contributed by atoms with Crippen LogP contribution in [0.3, 0.4) is 0 Å². The third-order valence-corrected chi connectivity index (χ3v) is 3.02. The van der Waals surface area contributed by atoms with Crippen LogP contribution < -0.4 is 10.6 Å². The van der Waals surface area contributed by atoms with E-state index in [0.717, 1.165) is 18.7 Å². The molecule has 0 fully saturated rings. The third kappa shape index (κ3) is 3.94. The zero-order valence-electron chi connectivity index (χ0n) is 10.3. The van der Waals surface area contributed by atoms with Crippen LogP contribution in [0.1, 0.15) is 13.3 Å². The second-order valence-corrected chi connectivity index (χ2v) is 4.66. The molecule has 0 radical (unpaired) electrons. The van der Waals surface area contributed by atoms with Crippen LogP contribution in [0.15, 0.2) is 24.4 Å². The lowest BCUT2D eigenvalue weighted by atomic mass is 10.3. The van der Waals surface area contributed by atoms with Crippen molar-refractivity contribution in [3.63, 3.8) is 0 Å². The van der Waals surface area contributed by atoms with Crippen LogP contribution in [-0.4, -0.2) is 21.7 Å². The van der Waals surface area contributed by atoms with E-state index in [4.69, 9.17) is 23.2 Å². The van der Waals surface area contributed by atoms with Crippen LogP contribution in [0.4, 0.5) is 17.5 Å². The van der Waals surface area contributed by atoms with Crippen LogP contribution in [0.5, 0.6) is 0 Å². The summed E-state index contributed by atoms with van der Waals surface area (Å²) in [6.07, 6.45) is 2.54. The molecule has 0 saturated carbocycles. The van der Waals surface area contributed by atoms with Gasteiger partial charge in [-0.05, 0) is 24.6 Å². The van der Waals surface area contributed by atoms with Gasteiger partial charge >= 0.3 is 0 Å². The van der Waals surface area contributed by atoms with Gasteiger partial charge in [0.1, 0.15) is 0 Å². The summed E-state index contributed by atoms with van der Waals surface area (Å²) in [5.74, 6) is 1.08. The molecule has 5 nitrogen and oxygen atoms in total. The number of benzene rings is 1. The quantitative estimate of drug-likeness (QED) is 0.880. The molecule has 2 rings (SSSR count). The molecule has 0 unspecified atom stereocenters. The van der Waals surface area contributed by atoms with Gasteiger partial charge in [0.2, 0.25) is 5.95 Å². The topological polar surface area (TPSA) is 62.7 Å². The molecule has 2 N–H and O–H groups in total. The zero-order valence-corrected chi connectivity index (χ0v) is 11.8. The monoisotopic (exact) mass is 297 g/mol. The lowest BCUT2D eigenvalue weighted by Gasteiger charge is -2.07. The molecule has 0 spiro atoms. The number of aromatic nitrogens is 3. The average Bonchev–Trinajstić information content (AvgIpc) is 2.41. The summed E-state index contributed by atoms with van der Waals surface area (Å²) in [5.41, 5.74) is 0.788. The van der Waals surface area contributed by atoms with Crippen molar-refractivity contribution in [1.29, 1.82) is 0 Å². The van der Waals surface area contributed by atoms with Crippen LogP contribution in [-0.2, 0) is 0 Å². The fraction of sp³-hybridized carbons (Fsp3) is 0.250. The first-order valence-corrected chi connectivity index (χ1v) is 6.60. The van der Waals surface area contributed by atoms with Gasteiger partial charge in [-0.2, -0.15) is 10.1 Å². The summed E-state index contributed by atoms with van der Waals surface area (Å²) in [6.45, 7) is 2.87. The molecule has 0 saturated heterocycles. The minimum atomic E-state index is 0.484. The first-order valence-electron chi connectivity index (χ1n) is 5.84. The molecular weight excluding hydrogens is 285 g/mol. The second-order valence-electron chi connectivity index (χ2n) is 3.85. The normalized spacial score (nSPS) is 10.3. The van der Waals surface area contributed by atoms with Gasteiger partial charge in [0.25, 0.3) is 0 Å². The van der Waals surface area contributed by atoms with E-state index >= 15 is 0 Å². The van der Waals surface area contributed by atoms with E-state index in [9.17, 15) is 0 Å². The Balaban J connectivity index is 2.11. The first kappa shape index (κ1) is 13.8. The van der Waals surface area contributed by atoms with Crippen LogP contribution in [0.2, 0.25) is 10.0 Å². The van der Waals surface area contributed by atoms with E-state index in [1.807, 2.05) is 6.07 Å². The molecule has 0 aliphatic heterocycles. The summed E-state index contributed by atoms with van der Waals surface area (Å²) in [6, 6.07) is 5.26.